The second kappa shape index (κ2) is 4.14. The Kier molecular flexibility index (Phi) is 2.68. The number of carbonyl (C=O) groups excluding carboxylic acids is 1. The number of carbonyl (C=O) groups is 1. The Morgan fingerprint density at radius 3 is 3.14 bits per heavy atom. The zero-order valence-corrected chi connectivity index (χ0v) is 7.66. The summed E-state index contributed by atoms with van der Waals surface area (Å²) in [7, 11) is 0. The van der Waals surface area contributed by atoms with E-state index in [9.17, 15) is 4.79 Å². The first-order valence-electron chi connectivity index (χ1n) is 4.61. The largest absolute Gasteiger partial charge is 0.316 e. The molecule has 0 radical (unpaired) electrons. The molecule has 1 aliphatic heterocycles. The van der Waals surface area contributed by atoms with E-state index in [0.717, 1.165) is 25.9 Å². The monoisotopic (exact) mass is 196 g/mol. The van der Waals surface area contributed by atoms with Crippen LogP contribution in [0.3, 0.4) is 0 Å². The third-order valence-electron chi connectivity index (χ3n) is 2.25. The summed E-state index contributed by atoms with van der Waals surface area (Å²) < 4.78 is 0. The SMILES string of the molecule is O=C(Nc1nn[nH]n1)[C@H]1CCCNC1. The normalized spacial score (nSPS) is 21.9. The topological polar surface area (TPSA) is 95.6 Å². The van der Waals surface area contributed by atoms with Crippen LogP contribution >= 0.6 is 0 Å². The van der Waals surface area contributed by atoms with E-state index >= 15 is 0 Å². The van der Waals surface area contributed by atoms with E-state index in [1.807, 2.05) is 0 Å². The van der Waals surface area contributed by atoms with E-state index in [1.54, 1.807) is 0 Å². The van der Waals surface area contributed by atoms with Gasteiger partial charge in [0.25, 0.3) is 5.95 Å². The van der Waals surface area contributed by atoms with Crippen molar-refractivity contribution in [3.05, 3.63) is 0 Å². The molecule has 1 amide bonds. The minimum absolute atomic E-state index is 0.0160. The number of aromatic nitrogens is 4. The standard InChI is InChI=1S/C7H12N6O/c14-6(5-2-1-3-8-4-5)9-7-10-12-13-11-7/h5,8H,1-4H2,(H2,9,10,11,12,13,14)/t5-/m0/s1. The minimum Gasteiger partial charge on any atom is -0.316 e. The summed E-state index contributed by atoms with van der Waals surface area (Å²) in [6, 6.07) is 0. The molecule has 7 heteroatoms. The zero-order valence-electron chi connectivity index (χ0n) is 7.66. The number of aromatic amines is 1. The Morgan fingerprint density at radius 1 is 1.57 bits per heavy atom. The summed E-state index contributed by atoms with van der Waals surface area (Å²) in [5, 5.41) is 18.7. The van der Waals surface area contributed by atoms with E-state index in [-0.39, 0.29) is 17.8 Å². The van der Waals surface area contributed by atoms with Crippen molar-refractivity contribution in [2.24, 2.45) is 5.92 Å². The molecule has 0 unspecified atom stereocenters. The van der Waals surface area contributed by atoms with Crippen molar-refractivity contribution in [3.63, 3.8) is 0 Å². The first kappa shape index (κ1) is 9.07. The zero-order chi connectivity index (χ0) is 9.80. The predicted molar refractivity (Wildman–Crippen MR) is 48.4 cm³/mol. The van der Waals surface area contributed by atoms with Gasteiger partial charge in [0.05, 0.1) is 5.92 Å². The van der Waals surface area contributed by atoms with Gasteiger partial charge < -0.3 is 5.32 Å². The average Bonchev–Trinajstić information content (AvgIpc) is 2.72. The van der Waals surface area contributed by atoms with Crippen molar-refractivity contribution in [2.75, 3.05) is 18.4 Å². The third kappa shape index (κ3) is 2.05. The summed E-state index contributed by atoms with van der Waals surface area (Å²) >= 11 is 0. The van der Waals surface area contributed by atoms with E-state index < -0.39 is 0 Å². The first-order valence-corrected chi connectivity index (χ1v) is 4.61. The summed E-state index contributed by atoms with van der Waals surface area (Å²) in [6.07, 6.45) is 1.95. The van der Waals surface area contributed by atoms with E-state index in [0.29, 0.717) is 0 Å². The first-order chi connectivity index (χ1) is 6.86. The summed E-state index contributed by atoms with van der Waals surface area (Å²) in [6.45, 7) is 1.72. The van der Waals surface area contributed by atoms with Crippen LogP contribution in [0.5, 0.6) is 0 Å². The number of piperidine rings is 1. The second-order valence-corrected chi connectivity index (χ2v) is 3.27. The number of rotatable bonds is 2. The van der Waals surface area contributed by atoms with Crippen molar-refractivity contribution >= 4 is 11.9 Å². The van der Waals surface area contributed by atoms with Crippen LogP contribution in [0.2, 0.25) is 0 Å². The fraction of sp³-hybridized carbons (Fsp3) is 0.714. The lowest BCUT2D eigenvalue weighted by Gasteiger charge is -2.20. The number of amides is 1. The van der Waals surface area contributed by atoms with Crippen LogP contribution in [0.15, 0.2) is 0 Å². The van der Waals surface area contributed by atoms with Crippen LogP contribution in [0.4, 0.5) is 5.95 Å². The Hall–Kier alpha value is -1.50. The van der Waals surface area contributed by atoms with Crippen molar-refractivity contribution < 1.29 is 4.79 Å². The maximum Gasteiger partial charge on any atom is 0.269 e. The summed E-state index contributed by atoms with van der Waals surface area (Å²) in [5.74, 6) is 0.210. The Balaban J connectivity index is 1.88. The second-order valence-electron chi connectivity index (χ2n) is 3.27. The molecular formula is C7H12N6O. The van der Waals surface area contributed by atoms with Crippen LogP contribution in [-0.4, -0.2) is 39.6 Å². The van der Waals surface area contributed by atoms with Crippen LogP contribution < -0.4 is 10.6 Å². The Labute approximate surface area is 80.6 Å². The number of nitrogens with zero attached hydrogens (tertiary/aromatic N) is 3. The Morgan fingerprint density at radius 2 is 2.50 bits per heavy atom. The number of hydrogen-bond acceptors (Lipinski definition) is 5. The molecule has 2 rings (SSSR count). The molecule has 1 aliphatic rings. The fourth-order valence-corrected chi connectivity index (χ4v) is 1.50. The lowest BCUT2D eigenvalue weighted by atomic mass is 9.99. The molecule has 76 valence electrons. The minimum atomic E-state index is -0.0430. The molecular weight excluding hydrogens is 184 g/mol. The molecule has 0 aromatic carbocycles. The number of H-pyrrole nitrogens is 1. The van der Waals surface area contributed by atoms with E-state index in [4.69, 9.17) is 0 Å². The molecule has 0 saturated carbocycles. The summed E-state index contributed by atoms with van der Waals surface area (Å²) in [5.41, 5.74) is 0. The molecule has 0 aliphatic carbocycles. The maximum atomic E-state index is 11.6. The molecule has 3 N–H and O–H groups in total. The van der Waals surface area contributed by atoms with Crippen molar-refractivity contribution in [2.45, 2.75) is 12.8 Å². The molecule has 1 atom stereocenters. The molecule has 2 heterocycles. The van der Waals surface area contributed by atoms with Gasteiger partial charge in [-0.25, -0.2) is 0 Å². The molecule has 0 spiro atoms. The van der Waals surface area contributed by atoms with Gasteiger partial charge >= 0.3 is 0 Å². The van der Waals surface area contributed by atoms with Crippen molar-refractivity contribution in [3.8, 4) is 0 Å². The van der Waals surface area contributed by atoms with Crippen LogP contribution in [-0.2, 0) is 4.79 Å². The van der Waals surface area contributed by atoms with Gasteiger partial charge in [-0.3, -0.25) is 10.1 Å². The van der Waals surface area contributed by atoms with Gasteiger partial charge in [-0.15, -0.1) is 5.10 Å². The molecule has 1 aromatic rings. The highest BCUT2D eigenvalue weighted by Crippen LogP contribution is 2.11. The third-order valence-corrected chi connectivity index (χ3v) is 2.25. The highest BCUT2D eigenvalue weighted by atomic mass is 16.2. The smallest absolute Gasteiger partial charge is 0.269 e. The molecule has 1 saturated heterocycles. The molecule has 14 heavy (non-hydrogen) atoms. The van der Waals surface area contributed by atoms with Crippen molar-refractivity contribution in [1.82, 2.24) is 25.9 Å². The van der Waals surface area contributed by atoms with Gasteiger partial charge in [0.1, 0.15) is 0 Å². The number of hydrogen-bond donors (Lipinski definition) is 3. The molecule has 7 nitrogen and oxygen atoms in total. The Bertz CT molecular complexity index is 291. The molecule has 0 bridgehead atoms. The highest BCUT2D eigenvalue weighted by Gasteiger charge is 2.21. The molecule has 1 aromatic heterocycles. The number of nitrogens with one attached hydrogen (secondary N) is 3. The van der Waals surface area contributed by atoms with Crippen LogP contribution in [0.1, 0.15) is 12.8 Å². The van der Waals surface area contributed by atoms with E-state index in [1.165, 1.54) is 0 Å². The van der Waals surface area contributed by atoms with Crippen LogP contribution in [0.25, 0.3) is 0 Å². The quantitative estimate of drug-likeness (QED) is 0.572. The molecule has 1 fully saturated rings. The van der Waals surface area contributed by atoms with Gasteiger partial charge in [-0.2, -0.15) is 5.21 Å². The maximum absolute atomic E-state index is 11.6. The fourth-order valence-electron chi connectivity index (χ4n) is 1.50. The highest BCUT2D eigenvalue weighted by molar-refractivity contribution is 5.91. The predicted octanol–water partition coefficient (Wildman–Crippen LogP) is -0.862. The summed E-state index contributed by atoms with van der Waals surface area (Å²) in [4.78, 5) is 11.6. The van der Waals surface area contributed by atoms with Gasteiger partial charge in [0, 0.05) is 6.54 Å². The van der Waals surface area contributed by atoms with E-state index in [2.05, 4.69) is 31.3 Å². The van der Waals surface area contributed by atoms with Gasteiger partial charge in [-0.05, 0) is 24.6 Å². The lowest BCUT2D eigenvalue weighted by Crippen LogP contribution is -2.37. The lowest BCUT2D eigenvalue weighted by molar-refractivity contribution is -0.120. The van der Waals surface area contributed by atoms with Gasteiger partial charge in [0.15, 0.2) is 0 Å². The number of tetrazole rings is 1. The van der Waals surface area contributed by atoms with Gasteiger partial charge in [-0.1, -0.05) is 5.10 Å². The van der Waals surface area contributed by atoms with Crippen LogP contribution in [0, 0.1) is 5.92 Å². The van der Waals surface area contributed by atoms with Crippen molar-refractivity contribution in [1.29, 1.82) is 0 Å². The average molecular weight is 196 g/mol. The van der Waals surface area contributed by atoms with Gasteiger partial charge in [0.2, 0.25) is 5.91 Å². The number of anilines is 1.